The number of anilines is 1. The lowest BCUT2D eigenvalue weighted by Crippen LogP contribution is -2.62. The van der Waals surface area contributed by atoms with Crippen molar-refractivity contribution in [2.75, 3.05) is 46.4 Å². The molecular weight excluding hydrogens is 660 g/mol. The molecular formula is C41H62N4O7. The summed E-state index contributed by atoms with van der Waals surface area (Å²) >= 11 is 0. The number of hydrogen-bond donors (Lipinski definition) is 4. The minimum Gasteiger partial charge on any atom is -0.496 e. The van der Waals surface area contributed by atoms with Crippen LogP contribution in [0.2, 0.25) is 0 Å². The first-order chi connectivity index (χ1) is 24.6. The van der Waals surface area contributed by atoms with Gasteiger partial charge in [-0.3, -0.25) is 14.4 Å². The second-order valence-corrected chi connectivity index (χ2v) is 16.7. The monoisotopic (exact) mass is 722 g/mol. The molecule has 4 aliphatic rings. The van der Waals surface area contributed by atoms with E-state index in [0.29, 0.717) is 41.6 Å². The number of methoxy groups -OCH3 is 2. The lowest BCUT2D eigenvalue weighted by molar-refractivity contribution is -0.183. The van der Waals surface area contributed by atoms with Crippen LogP contribution in [0.1, 0.15) is 76.7 Å². The van der Waals surface area contributed by atoms with Crippen LogP contribution in [0.3, 0.4) is 0 Å². The Hall–Kier alpha value is -3.22. The number of hydrogen-bond acceptors (Lipinski definition) is 9. The van der Waals surface area contributed by atoms with Crippen LogP contribution in [0, 0.1) is 35.0 Å². The van der Waals surface area contributed by atoms with Gasteiger partial charge >= 0.3 is 0 Å². The summed E-state index contributed by atoms with van der Waals surface area (Å²) in [6, 6.07) is 10.6. The van der Waals surface area contributed by atoms with E-state index in [1.165, 1.54) is 6.42 Å². The highest BCUT2D eigenvalue weighted by Gasteiger charge is 2.57. The summed E-state index contributed by atoms with van der Waals surface area (Å²) in [5.74, 6) is 1.40. The minimum atomic E-state index is -0.899. The van der Waals surface area contributed by atoms with Gasteiger partial charge in [0.15, 0.2) is 0 Å². The maximum atomic E-state index is 14.2. The molecule has 2 bridgehead atoms. The average Bonchev–Trinajstić information content (AvgIpc) is 3.47. The Bertz CT molecular complexity index is 1560. The van der Waals surface area contributed by atoms with Crippen LogP contribution in [0.25, 0.3) is 11.1 Å². The summed E-state index contributed by atoms with van der Waals surface area (Å²) in [6.07, 6.45) is 1.27. The number of amides is 2. The Morgan fingerprint density at radius 1 is 1.12 bits per heavy atom. The molecule has 1 unspecified atom stereocenters. The van der Waals surface area contributed by atoms with Crippen molar-refractivity contribution in [2.45, 2.75) is 97.7 Å². The van der Waals surface area contributed by atoms with E-state index in [2.05, 4.69) is 45.3 Å². The molecule has 2 amide bonds. The lowest BCUT2D eigenvalue weighted by atomic mass is 9.45. The maximum Gasteiger partial charge on any atom is 0.251 e. The van der Waals surface area contributed by atoms with Crippen LogP contribution in [0.5, 0.6) is 5.75 Å². The fourth-order valence-corrected chi connectivity index (χ4v) is 9.19. The van der Waals surface area contributed by atoms with Crippen LogP contribution in [0.4, 0.5) is 5.69 Å². The highest BCUT2D eigenvalue weighted by molar-refractivity contribution is 5.97. The van der Waals surface area contributed by atoms with Crippen molar-refractivity contribution in [1.82, 2.24) is 15.7 Å². The topological polar surface area (TPSA) is 133 Å². The third kappa shape index (κ3) is 8.14. The molecule has 1 heterocycles. The molecule has 11 nitrogen and oxygen atoms in total. The zero-order chi connectivity index (χ0) is 38.1. The number of carbonyl (C=O) groups is 2. The Morgan fingerprint density at radius 2 is 1.85 bits per heavy atom. The van der Waals surface area contributed by atoms with Crippen LogP contribution in [-0.2, 0) is 20.9 Å². The minimum absolute atomic E-state index is 0.0392. The Balaban J connectivity index is 1.45. The van der Waals surface area contributed by atoms with Crippen LogP contribution >= 0.6 is 0 Å². The third-order valence-corrected chi connectivity index (χ3v) is 12.2. The van der Waals surface area contributed by atoms with E-state index in [1.807, 2.05) is 55.4 Å². The first kappa shape index (κ1) is 40.0. The van der Waals surface area contributed by atoms with Gasteiger partial charge in [0.2, 0.25) is 5.91 Å². The highest BCUT2D eigenvalue weighted by atomic mass is 16.7. The molecule has 2 aromatic rings. The standard InChI is InChI=1S/C41H62N4O7/c1-23(2)14-30(22-50-9)42-39(48)28-15-27(16-31(17-28)44(7)8)32-13-11-12-26(38(32)51-10)20-45-37(36(25(4)47)35(21-46)52-45)40(49)43-34-19-29-18-33(24(34)3)41(29,5)6/h11-13,15-17,23-25,29-30,33-37,46-47H,14,18-22H2,1-10H3,(H,42,48)(H,43,49)/t24-,25-,29+,30?,33+,34-,35-,36+,37-/m0/s1. The summed E-state index contributed by atoms with van der Waals surface area (Å²) in [6.45, 7) is 13.0. The van der Waals surface area contributed by atoms with Crippen molar-refractivity contribution in [2.24, 2.45) is 35.0 Å². The number of aliphatic hydroxyl groups excluding tert-OH is 2. The summed E-state index contributed by atoms with van der Waals surface area (Å²) < 4.78 is 11.5. The molecule has 6 rings (SSSR count). The number of aliphatic hydroxyl groups is 2. The number of hydroxylamine groups is 2. The van der Waals surface area contributed by atoms with Crippen LogP contribution < -0.4 is 20.3 Å². The van der Waals surface area contributed by atoms with Crippen molar-refractivity contribution in [3.05, 3.63) is 47.5 Å². The molecule has 9 atom stereocenters. The van der Waals surface area contributed by atoms with Gasteiger partial charge in [0.25, 0.3) is 5.91 Å². The van der Waals surface area contributed by atoms with Crippen molar-refractivity contribution in [1.29, 1.82) is 0 Å². The molecule has 11 heteroatoms. The predicted octanol–water partition coefficient (Wildman–Crippen LogP) is 4.88. The SMILES string of the molecule is COCC(CC(C)C)NC(=O)c1cc(-c2cccc(CN3O[C@@H](CO)[C@@H]([C@H](C)O)[C@H]3C(=O)N[C@H]3C[C@H]4C[C@H]([C@@H]3C)C4(C)C)c2OC)cc(N(C)C)c1. The first-order valence-electron chi connectivity index (χ1n) is 18.9. The lowest BCUT2D eigenvalue weighted by Gasteiger charge is -2.62. The Morgan fingerprint density at radius 3 is 2.42 bits per heavy atom. The molecule has 0 spiro atoms. The Kier molecular flexibility index (Phi) is 12.6. The van der Waals surface area contributed by atoms with Gasteiger partial charge in [-0.1, -0.05) is 52.8 Å². The van der Waals surface area contributed by atoms with Gasteiger partial charge in [0, 0.05) is 55.5 Å². The van der Waals surface area contributed by atoms with Crippen molar-refractivity contribution in [3.8, 4) is 16.9 Å². The zero-order valence-corrected chi connectivity index (χ0v) is 32.8. The smallest absolute Gasteiger partial charge is 0.251 e. The molecule has 4 fully saturated rings. The van der Waals surface area contributed by atoms with Gasteiger partial charge in [0.1, 0.15) is 17.9 Å². The largest absolute Gasteiger partial charge is 0.496 e. The van der Waals surface area contributed by atoms with Gasteiger partial charge in [-0.15, -0.1) is 0 Å². The molecule has 288 valence electrons. The van der Waals surface area contributed by atoms with E-state index in [1.54, 1.807) is 26.2 Å². The van der Waals surface area contributed by atoms with E-state index in [0.717, 1.165) is 35.2 Å². The van der Waals surface area contributed by atoms with E-state index in [-0.39, 0.29) is 42.5 Å². The predicted molar refractivity (Wildman–Crippen MR) is 203 cm³/mol. The van der Waals surface area contributed by atoms with E-state index >= 15 is 0 Å². The fourth-order valence-electron chi connectivity index (χ4n) is 9.19. The molecule has 4 N–H and O–H groups in total. The number of carbonyl (C=O) groups excluding carboxylic acids is 2. The van der Waals surface area contributed by atoms with Gasteiger partial charge in [-0.2, -0.15) is 5.06 Å². The summed E-state index contributed by atoms with van der Waals surface area (Å²) in [5, 5.41) is 29.4. The molecule has 3 aliphatic carbocycles. The number of nitrogens with one attached hydrogen (secondary N) is 2. The van der Waals surface area contributed by atoms with Crippen molar-refractivity contribution < 1.29 is 34.1 Å². The third-order valence-electron chi connectivity index (χ3n) is 12.2. The number of ether oxygens (including phenoxy) is 2. The first-order valence-corrected chi connectivity index (χ1v) is 18.9. The summed E-state index contributed by atoms with van der Waals surface area (Å²) in [7, 11) is 7.12. The number of benzene rings is 2. The van der Waals surface area contributed by atoms with E-state index in [4.69, 9.17) is 14.3 Å². The average molecular weight is 723 g/mol. The molecule has 2 aromatic carbocycles. The van der Waals surface area contributed by atoms with Gasteiger partial charge in [-0.05, 0) is 79.0 Å². The number of fused-ring (bicyclic) bond motifs is 2. The normalized spacial score (nSPS) is 27.8. The second kappa shape index (κ2) is 16.4. The quantitative estimate of drug-likeness (QED) is 0.203. The van der Waals surface area contributed by atoms with Gasteiger partial charge in [-0.25, -0.2) is 0 Å². The molecule has 1 aliphatic heterocycles. The van der Waals surface area contributed by atoms with Crippen LogP contribution in [0.15, 0.2) is 36.4 Å². The maximum absolute atomic E-state index is 14.2. The second-order valence-electron chi connectivity index (χ2n) is 16.7. The molecule has 0 aromatic heterocycles. The molecule has 0 radical (unpaired) electrons. The fraction of sp³-hybridized carbons (Fsp3) is 0.659. The zero-order valence-electron chi connectivity index (χ0n) is 32.8. The van der Waals surface area contributed by atoms with Gasteiger partial charge < -0.3 is 35.2 Å². The van der Waals surface area contributed by atoms with E-state index in [9.17, 15) is 19.8 Å². The molecule has 3 saturated carbocycles. The van der Waals surface area contributed by atoms with Crippen molar-refractivity contribution in [3.63, 3.8) is 0 Å². The Labute approximate surface area is 310 Å². The number of rotatable bonds is 15. The van der Waals surface area contributed by atoms with Crippen molar-refractivity contribution >= 4 is 17.5 Å². The summed E-state index contributed by atoms with van der Waals surface area (Å²) in [4.78, 5) is 36.1. The summed E-state index contributed by atoms with van der Waals surface area (Å²) in [5.41, 5.74) is 3.98. The number of nitrogens with zero attached hydrogens (tertiary/aromatic N) is 2. The van der Waals surface area contributed by atoms with Gasteiger partial charge in [0.05, 0.1) is 39.0 Å². The molecule has 1 saturated heterocycles. The van der Waals surface area contributed by atoms with Crippen LogP contribution in [-0.4, -0.2) is 99.0 Å². The number of para-hydroxylation sites is 1. The molecule has 52 heavy (non-hydrogen) atoms. The van der Waals surface area contributed by atoms with E-state index < -0.39 is 24.2 Å². The highest BCUT2D eigenvalue weighted by Crippen LogP contribution is 2.61.